The van der Waals surface area contributed by atoms with Crippen LogP contribution < -0.4 is 10.6 Å². The van der Waals surface area contributed by atoms with Crippen LogP contribution in [0.2, 0.25) is 0 Å². The molecule has 0 spiro atoms. The molecule has 2 nitrogen and oxygen atoms in total. The van der Waals surface area contributed by atoms with Gasteiger partial charge in [-0.15, -0.1) is 0 Å². The van der Waals surface area contributed by atoms with Gasteiger partial charge < -0.3 is 10.6 Å². The largest absolute Gasteiger partial charge is 0.361 e. The van der Waals surface area contributed by atoms with Crippen molar-refractivity contribution in [2.45, 2.75) is 52.6 Å². The molecule has 72 valence electrons. The maximum absolute atomic E-state index is 5.10. The van der Waals surface area contributed by atoms with Gasteiger partial charge in [0.25, 0.3) is 0 Å². The lowest BCUT2D eigenvalue weighted by atomic mass is 10.2. The van der Waals surface area contributed by atoms with Gasteiger partial charge in [0, 0.05) is 12.1 Å². The molecule has 0 saturated heterocycles. The first-order valence-electron chi connectivity index (χ1n) is 4.63. The summed E-state index contributed by atoms with van der Waals surface area (Å²) in [7, 11) is 0. The molecule has 2 N–H and O–H groups in total. The van der Waals surface area contributed by atoms with E-state index in [0.29, 0.717) is 12.1 Å². The first-order valence-corrected chi connectivity index (χ1v) is 5.04. The van der Waals surface area contributed by atoms with E-state index < -0.39 is 0 Å². The van der Waals surface area contributed by atoms with Gasteiger partial charge in [0.1, 0.15) is 0 Å². The third-order valence-corrected chi connectivity index (χ3v) is 1.75. The third-order valence-electron chi connectivity index (χ3n) is 1.52. The molecule has 0 saturated carbocycles. The Morgan fingerprint density at radius 2 is 1.83 bits per heavy atom. The summed E-state index contributed by atoms with van der Waals surface area (Å²) in [5, 5.41) is 7.15. The standard InChI is InChI=1S/C9H20N2S/c1-5-6-8(4)11-9(12)10-7(2)3/h7-8H,5-6H2,1-4H3,(H2,10,11,12). The summed E-state index contributed by atoms with van der Waals surface area (Å²) in [4.78, 5) is 0. The van der Waals surface area contributed by atoms with Crippen LogP contribution in [-0.4, -0.2) is 17.2 Å². The van der Waals surface area contributed by atoms with Gasteiger partial charge in [-0.3, -0.25) is 0 Å². The fourth-order valence-corrected chi connectivity index (χ4v) is 1.47. The average Bonchev–Trinajstić information content (AvgIpc) is 1.84. The highest BCUT2D eigenvalue weighted by atomic mass is 32.1. The fraction of sp³-hybridized carbons (Fsp3) is 0.889. The van der Waals surface area contributed by atoms with E-state index >= 15 is 0 Å². The summed E-state index contributed by atoms with van der Waals surface area (Å²) in [6.07, 6.45) is 2.36. The molecule has 0 heterocycles. The Hall–Kier alpha value is -0.310. The van der Waals surface area contributed by atoms with Crippen molar-refractivity contribution in [3.05, 3.63) is 0 Å². The fourth-order valence-electron chi connectivity index (χ4n) is 1.03. The van der Waals surface area contributed by atoms with Crippen LogP contribution in [-0.2, 0) is 0 Å². The van der Waals surface area contributed by atoms with Gasteiger partial charge in [-0.25, -0.2) is 0 Å². The molecule has 3 heteroatoms. The first kappa shape index (κ1) is 11.7. The Morgan fingerprint density at radius 3 is 2.25 bits per heavy atom. The smallest absolute Gasteiger partial charge is 0.166 e. The van der Waals surface area contributed by atoms with Crippen molar-refractivity contribution in [2.24, 2.45) is 0 Å². The van der Waals surface area contributed by atoms with Crippen molar-refractivity contribution in [3.8, 4) is 0 Å². The highest BCUT2D eigenvalue weighted by Gasteiger charge is 2.02. The Balaban J connectivity index is 3.54. The molecule has 0 aromatic heterocycles. The minimum Gasteiger partial charge on any atom is -0.361 e. The van der Waals surface area contributed by atoms with Crippen LogP contribution in [0.15, 0.2) is 0 Å². The molecule has 0 aliphatic rings. The monoisotopic (exact) mass is 188 g/mol. The lowest BCUT2D eigenvalue weighted by Gasteiger charge is -2.17. The minimum absolute atomic E-state index is 0.416. The number of nitrogens with one attached hydrogen (secondary N) is 2. The molecule has 1 unspecified atom stereocenters. The van der Waals surface area contributed by atoms with E-state index in [1.54, 1.807) is 0 Å². The maximum atomic E-state index is 5.10. The molecule has 12 heavy (non-hydrogen) atoms. The van der Waals surface area contributed by atoms with Crippen molar-refractivity contribution in [2.75, 3.05) is 0 Å². The van der Waals surface area contributed by atoms with Crippen molar-refractivity contribution >= 4 is 17.3 Å². The topological polar surface area (TPSA) is 24.1 Å². The molecular formula is C9H20N2S. The number of hydrogen-bond donors (Lipinski definition) is 2. The van der Waals surface area contributed by atoms with Crippen LogP contribution in [0, 0.1) is 0 Å². The van der Waals surface area contributed by atoms with Gasteiger partial charge in [-0.1, -0.05) is 13.3 Å². The number of hydrogen-bond acceptors (Lipinski definition) is 1. The second-order valence-electron chi connectivity index (χ2n) is 3.46. The zero-order valence-electron chi connectivity index (χ0n) is 8.48. The van der Waals surface area contributed by atoms with Gasteiger partial charge >= 0.3 is 0 Å². The van der Waals surface area contributed by atoms with Crippen LogP contribution in [0.3, 0.4) is 0 Å². The molecule has 0 radical (unpaired) electrons. The third kappa shape index (κ3) is 6.40. The normalized spacial score (nSPS) is 12.8. The van der Waals surface area contributed by atoms with Crippen molar-refractivity contribution in [3.63, 3.8) is 0 Å². The van der Waals surface area contributed by atoms with Gasteiger partial charge in [0.2, 0.25) is 0 Å². The SMILES string of the molecule is CCCC(C)NC(=S)NC(C)C. The predicted octanol–water partition coefficient (Wildman–Crippen LogP) is 2.05. The summed E-state index contributed by atoms with van der Waals surface area (Å²) in [6.45, 7) is 8.49. The van der Waals surface area contributed by atoms with Crippen LogP contribution in [0.4, 0.5) is 0 Å². The Kier molecular flexibility index (Phi) is 6.07. The van der Waals surface area contributed by atoms with Crippen molar-refractivity contribution < 1.29 is 0 Å². The Morgan fingerprint density at radius 1 is 1.25 bits per heavy atom. The van der Waals surface area contributed by atoms with Crippen LogP contribution in [0.25, 0.3) is 0 Å². The Labute approximate surface area is 81.1 Å². The van der Waals surface area contributed by atoms with Gasteiger partial charge in [0.15, 0.2) is 5.11 Å². The van der Waals surface area contributed by atoms with E-state index in [1.807, 2.05) is 0 Å². The second-order valence-corrected chi connectivity index (χ2v) is 3.87. The molecule has 0 amide bonds. The van der Waals surface area contributed by atoms with E-state index in [9.17, 15) is 0 Å². The van der Waals surface area contributed by atoms with Crippen molar-refractivity contribution in [1.82, 2.24) is 10.6 Å². The van der Waals surface area contributed by atoms with E-state index in [1.165, 1.54) is 12.8 Å². The summed E-state index contributed by atoms with van der Waals surface area (Å²) < 4.78 is 0. The van der Waals surface area contributed by atoms with Crippen LogP contribution in [0.5, 0.6) is 0 Å². The molecule has 0 bridgehead atoms. The number of rotatable bonds is 4. The lowest BCUT2D eigenvalue weighted by Crippen LogP contribution is -2.43. The molecule has 0 aliphatic heterocycles. The van der Waals surface area contributed by atoms with Crippen molar-refractivity contribution in [1.29, 1.82) is 0 Å². The predicted molar refractivity (Wildman–Crippen MR) is 58.4 cm³/mol. The van der Waals surface area contributed by atoms with E-state index in [2.05, 4.69) is 38.3 Å². The minimum atomic E-state index is 0.416. The number of thiocarbonyl (C=S) groups is 1. The van der Waals surface area contributed by atoms with Gasteiger partial charge in [-0.2, -0.15) is 0 Å². The summed E-state index contributed by atoms with van der Waals surface area (Å²) in [5.74, 6) is 0. The zero-order chi connectivity index (χ0) is 9.56. The van der Waals surface area contributed by atoms with Gasteiger partial charge in [0.05, 0.1) is 0 Å². The molecule has 0 fully saturated rings. The Bertz CT molecular complexity index is 134. The average molecular weight is 188 g/mol. The molecule has 0 aromatic carbocycles. The molecule has 0 rings (SSSR count). The molecule has 0 aliphatic carbocycles. The highest BCUT2D eigenvalue weighted by Crippen LogP contribution is 1.94. The van der Waals surface area contributed by atoms with Gasteiger partial charge in [-0.05, 0) is 39.4 Å². The summed E-state index contributed by atoms with van der Waals surface area (Å²) in [6, 6.07) is 0.896. The summed E-state index contributed by atoms with van der Waals surface area (Å²) >= 11 is 5.10. The maximum Gasteiger partial charge on any atom is 0.166 e. The van der Waals surface area contributed by atoms with E-state index in [-0.39, 0.29) is 0 Å². The van der Waals surface area contributed by atoms with Crippen LogP contribution >= 0.6 is 12.2 Å². The molecule has 0 aromatic rings. The second kappa shape index (κ2) is 6.23. The quantitative estimate of drug-likeness (QED) is 0.660. The van der Waals surface area contributed by atoms with E-state index in [4.69, 9.17) is 12.2 Å². The summed E-state index contributed by atoms with van der Waals surface area (Å²) in [5.41, 5.74) is 0. The first-order chi connectivity index (χ1) is 5.56. The highest BCUT2D eigenvalue weighted by molar-refractivity contribution is 7.80. The zero-order valence-corrected chi connectivity index (χ0v) is 9.29. The molecule has 1 atom stereocenters. The van der Waals surface area contributed by atoms with Crippen LogP contribution in [0.1, 0.15) is 40.5 Å². The molecular weight excluding hydrogens is 168 g/mol. The van der Waals surface area contributed by atoms with E-state index in [0.717, 1.165) is 5.11 Å². The lowest BCUT2D eigenvalue weighted by molar-refractivity contribution is 0.583.